The lowest BCUT2D eigenvalue weighted by atomic mass is 9.90. The summed E-state index contributed by atoms with van der Waals surface area (Å²) in [7, 11) is 0. The van der Waals surface area contributed by atoms with Gasteiger partial charge in [-0.15, -0.1) is 0 Å². The van der Waals surface area contributed by atoms with Gasteiger partial charge in [-0.05, 0) is 36.5 Å². The monoisotopic (exact) mass is 265 g/mol. The Hall–Kier alpha value is -1.55. The number of aliphatic hydroxyl groups is 1. The van der Waals surface area contributed by atoms with E-state index in [1.165, 1.54) is 0 Å². The number of ether oxygens (including phenoxy) is 1. The van der Waals surface area contributed by atoms with Crippen LogP contribution in [0.2, 0.25) is 0 Å². The summed E-state index contributed by atoms with van der Waals surface area (Å²) < 4.78 is 5.41. The Bertz CT molecular complexity index is 416. The maximum atomic E-state index is 11.7. The molecule has 0 radical (unpaired) electrons. The SMILES string of the molecule is Cc1cccc(OCC(=O)NCC(C)(C)CCO)c1. The van der Waals surface area contributed by atoms with Crippen molar-refractivity contribution in [1.82, 2.24) is 5.32 Å². The molecule has 0 aliphatic carbocycles. The molecule has 0 unspecified atom stereocenters. The molecule has 4 nitrogen and oxygen atoms in total. The fourth-order valence-electron chi connectivity index (χ4n) is 1.63. The number of amides is 1. The van der Waals surface area contributed by atoms with Gasteiger partial charge < -0.3 is 15.2 Å². The number of carbonyl (C=O) groups excluding carboxylic acids is 1. The van der Waals surface area contributed by atoms with E-state index in [0.29, 0.717) is 18.7 Å². The second kappa shape index (κ2) is 7.14. The van der Waals surface area contributed by atoms with Crippen LogP contribution in [0.5, 0.6) is 5.75 Å². The third-order valence-electron chi connectivity index (χ3n) is 2.91. The first-order chi connectivity index (χ1) is 8.93. The van der Waals surface area contributed by atoms with Crippen molar-refractivity contribution >= 4 is 5.91 Å². The molecular formula is C15H23NO3. The molecule has 0 spiro atoms. The zero-order chi connectivity index (χ0) is 14.3. The van der Waals surface area contributed by atoms with E-state index in [9.17, 15) is 4.79 Å². The van der Waals surface area contributed by atoms with Crippen molar-refractivity contribution in [2.45, 2.75) is 27.2 Å². The van der Waals surface area contributed by atoms with Crippen molar-refractivity contribution in [3.05, 3.63) is 29.8 Å². The topological polar surface area (TPSA) is 58.6 Å². The summed E-state index contributed by atoms with van der Waals surface area (Å²) in [6.45, 7) is 6.66. The summed E-state index contributed by atoms with van der Waals surface area (Å²) in [5, 5.41) is 11.7. The predicted octanol–water partition coefficient (Wildman–Crippen LogP) is 1.90. The number of rotatable bonds is 7. The minimum atomic E-state index is -0.146. The van der Waals surface area contributed by atoms with Gasteiger partial charge in [-0.3, -0.25) is 4.79 Å². The van der Waals surface area contributed by atoms with Crippen LogP contribution >= 0.6 is 0 Å². The molecule has 0 aliphatic rings. The van der Waals surface area contributed by atoms with E-state index >= 15 is 0 Å². The van der Waals surface area contributed by atoms with Gasteiger partial charge in [0.2, 0.25) is 0 Å². The standard InChI is InChI=1S/C15H23NO3/c1-12-5-4-6-13(9-12)19-10-14(18)16-11-15(2,3)7-8-17/h4-6,9,17H,7-8,10-11H2,1-3H3,(H,16,18). The normalized spacial score (nSPS) is 11.2. The van der Waals surface area contributed by atoms with E-state index in [4.69, 9.17) is 9.84 Å². The molecule has 1 aromatic rings. The van der Waals surface area contributed by atoms with E-state index < -0.39 is 0 Å². The van der Waals surface area contributed by atoms with Crippen molar-refractivity contribution in [3.8, 4) is 5.75 Å². The molecule has 1 aromatic carbocycles. The van der Waals surface area contributed by atoms with Crippen LogP contribution in [0.1, 0.15) is 25.8 Å². The lowest BCUT2D eigenvalue weighted by Gasteiger charge is -2.23. The predicted molar refractivity (Wildman–Crippen MR) is 75.2 cm³/mol. The number of benzene rings is 1. The molecule has 0 saturated carbocycles. The van der Waals surface area contributed by atoms with E-state index in [1.807, 2.05) is 45.0 Å². The minimum absolute atomic E-state index is 0.0126. The Morgan fingerprint density at radius 1 is 1.42 bits per heavy atom. The van der Waals surface area contributed by atoms with Gasteiger partial charge in [0.15, 0.2) is 6.61 Å². The largest absolute Gasteiger partial charge is 0.484 e. The molecule has 0 fully saturated rings. The molecule has 0 heterocycles. The van der Waals surface area contributed by atoms with E-state index in [2.05, 4.69) is 5.32 Å². The Balaban J connectivity index is 2.32. The van der Waals surface area contributed by atoms with Gasteiger partial charge in [0, 0.05) is 13.2 Å². The van der Waals surface area contributed by atoms with Gasteiger partial charge in [0.1, 0.15) is 5.75 Å². The van der Waals surface area contributed by atoms with Crippen molar-refractivity contribution in [3.63, 3.8) is 0 Å². The van der Waals surface area contributed by atoms with Gasteiger partial charge in [-0.2, -0.15) is 0 Å². The molecule has 0 atom stereocenters. The average molecular weight is 265 g/mol. The quantitative estimate of drug-likeness (QED) is 0.791. The molecule has 0 aliphatic heterocycles. The van der Waals surface area contributed by atoms with Crippen molar-refractivity contribution in [1.29, 1.82) is 0 Å². The lowest BCUT2D eigenvalue weighted by molar-refractivity contribution is -0.123. The fourth-order valence-corrected chi connectivity index (χ4v) is 1.63. The van der Waals surface area contributed by atoms with Crippen LogP contribution < -0.4 is 10.1 Å². The van der Waals surface area contributed by atoms with Gasteiger partial charge in [0.05, 0.1) is 0 Å². The molecule has 0 aromatic heterocycles. The van der Waals surface area contributed by atoms with Gasteiger partial charge in [-0.1, -0.05) is 26.0 Å². The van der Waals surface area contributed by atoms with Gasteiger partial charge in [-0.25, -0.2) is 0 Å². The maximum absolute atomic E-state index is 11.7. The Morgan fingerprint density at radius 2 is 2.16 bits per heavy atom. The first-order valence-electron chi connectivity index (χ1n) is 6.50. The maximum Gasteiger partial charge on any atom is 0.257 e. The molecule has 4 heteroatoms. The third kappa shape index (κ3) is 6.25. The van der Waals surface area contributed by atoms with E-state index in [-0.39, 0.29) is 24.5 Å². The highest BCUT2D eigenvalue weighted by molar-refractivity contribution is 5.77. The van der Waals surface area contributed by atoms with Crippen molar-refractivity contribution in [2.75, 3.05) is 19.8 Å². The summed E-state index contributed by atoms with van der Waals surface area (Å²) in [6.07, 6.45) is 0.659. The number of aryl methyl sites for hydroxylation is 1. The number of carbonyl (C=O) groups is 1. The van der Waals surface area contributed by atoms with Gasteiger partial charge >= 0.3 is 0 Å². The molecule has 2 N–H and O–H groups in total. The minimum Gasteiger partial charge on any atom is -0.484 e. The lowest BCUT2D eigenvalue weighted by Crippen LogP contribution is -2.37. The number of hydrogen-bond acceptors (Lipinski definition) is 3. The zero-order valence-corrected chi connectivity index (χ0v) is 11.9. The highest BCUT2D eigenvalue weighted by Crippen LogP contribution is 2.18. The van der Waals surface area contributed by atoms with Crippen LogP contribution in [0.3, 0.4) is 0 Å². The summed E-state index contributed by atoms with van der Waals surface area (Å²) in [6, 6.07) is 7.59. The molecule has 19 heavy (non-hydrogen) atoms. The summed E-state index contributed by atoms with van der Waals surface area (Å²) in [5.41, 5.74) is 0.996. The smallest absolute Gasteiger partial charge is 0.257 e. The molecule has 0 bridgehead atoms. The van der Waals surface area contributed by atoms with Crippen LogP contribution in [0, 0.1) is 12.3 Å². The van der Waals surface area contributed by atoms with Crippen LogP contribution in [0.4, 0.5) is 0 Å². The molecule has 1 rings (SSSR count). The van der Waals surface area contributed by atoms with Crippen molar-refractivity contribution < 1.29 is 14.6 Å². The number of hydrogen-bond donors (Lipinski definition) is 2. The van der Waals surface area contributed by atoms with Crippen LogP contribution in [0.15, 0.2) is 24.3 Å². The third-order valence-corrected chi connectivity index (χ3v) is 2.91. The van der Waals surface area contributed by atoms with Crippen molar-refractivity contribution in [2.24, 2.45) is 5.41 Å². The van der Waals surface area contributed by atoms with Crippen LogP contribution in [-0.2, 0) is 4.79 Å². The first-order valence-corrected chi connectivity index (χ1v) is 6.50. The number of nitrogens with one attached hydrogen (secondary N) is 1. The summed E-state index contributed by atoms with van der Waals surface area (Å²) in [5.74, 6) is 0.553. The summed E-state index contributed by atoms with van der Waals surface area (Å²) in [4.78, 5) is 11.7. The summed E-state index contributed by atoms with van der Waals surface area (Å²) >= 11 is 0. The highest BCUT2D eigenvalue weighted by atomic mass is 16.5. The van der Waals surface area contributed by atoms with Gasteiger partial charge in [0.25, 0.3) is 5.91 Å². The van der Waals surface area contributed by atoms with E-state index in [1.54, 1.807) is 0 Å². The molecule has 1 amide bonds. The van der Waals surface area contributed by atoms with E-state index in [0.717, 1.165) is 5.56 Å². The fraction of sp³-hybridized carbons (Fsp3) is 0.533. The zero-order valence-electron chi connectivity index (χ0n) is 11.9. The first kappa shape index (κ1) is 15.5. The molecule has 0 saturated heterocycles. The Morgan fingerprint density at radius 3 is 2.79 bits per heavy atom. The Labute approximate surface area is 114 Å². The van der Waals surface area contributed by atoms with Crippen LogP contribution in [-0.4, -0.2) is 30.8 Å². The average Bonchev–Trinajstić information content (AvgIpc) is 2.34. The number of aliphatic hydroxyl groups excluding tert-OH is 1. The second-order valence-electron chi connectivity index (χ2n) is 5.52. The molecular weight excluding hydrogens is 242 g/mol. The second-order valence-corrected chi connectivity index (χ2v) is 5.52. The highest BCUT2D eigenvalue weighted by Gasteiger charge is 2.18. The Kier molecular flexibility index (Phi) is 5.83. The molecule has 106 valence electrons. The van der Waals surface area contributed by atoms with Crippen LogP contribution in [0.25, 0.3) is 0 Å².